The molecule has 0 saturated carbocycles. The standard InChI is InChI=1S/C16H26BrFN2/c1-6-7-19-15(16(2,3)20(4)5)10-12-8-13(17)11-14(18)9-12/h8-9,11,15,19H,6-7,10H2,1-5H3. The van der Waals surface area contributed by atoms with Crippen LogP contribution < -0.4 is 5.32 Å². The highest BCUT2D eigenvalue weighted by Crippen LogP contribution is 2.22. The minimum atomic E-state index is -0.189. The molecule has 0 bridgehead atoms. The molecule has 0 fully saturated rings. The summed E-state index contributed by atoms with van der Waals surface area (Å²) in [7, 11) is 4.17. The average Bonchev–Trinajstić information content (AvgIpc) is 2.32. The van der Waals surface area contributed by atoms with Gasteiger partial charge in [-0.2, -0.15) is 0 Å². The van der Waals surface area contributed by atoms with Gasteiger partial charge in [-0.15, -0.1) is 0 Å². The lowest BCUT2D eigenvalue weighted by molar-refractivity contribution is 0.137. The van der Waals surface area contributed by atoms with Gasteiger partial charge in [-0.25, -0.2) is 4.39 Å². The largest absolute Gasteiger partial charge is 0.312 e. The van der Waals surface area contributed by atoms with Gasteiger partial charge in [0.1, 0.15) is 5.82 Å². The van der Waals surface area contributed by atoms with E-state index in [9.17, 15) is 4.39 Å². The van der Waals surface area contributed by atoms with Crippen molar-refractivity contribution in [1.82, 2.24) is 10.2 Å². The Bertz CT molecular complexity index is 412. The molecule has 20 heavy (non-hydrogen) atoms. The lowest BCUT2D eigenvalue weighted by atomic mass is 9.88. The Labute approximate surface area is 130 Å². The number of rotatable bonds is 7. The molecule has 0 aromatic heterocycles. The van der Waals surface area contributed by atoms with Gasteiger partial charge in [-0.1, -0.05) is 22.9 Å². The van der Waals surface area contributed by atoms with E-state index in [0.717, 1.165) is 29.4 Å². The van der Waals surface area contributed by atoms with Crippen molar-refractivity contribution in [1.29, 1.82) is 0 Å². The number of nitrogens with one attached hydrogen (secondary N) is 1. The maximum absolute atomic E-state index is 13.5. The van der Waals surface area contributed by atoms with Crippen molar-refractivity contribution >= 4 is 15.9 Å². The summed E-state index contributed by atoms with van der Waals surface area (Å²) in [6.07, 6.45) is 1.90. The predicted octanol–water partition coefficient (Wildman–Crippen LogP) is 3.84. The van der Waals surface area contributed by atoms with Crippen LogP contribution in [0.3, 0.4) is 0 Å². The Hall–Kier alpha value is -0.450. The van der Waals surface area contributed by atoms with E-state index in [2.05, 4.69) is 61.0 Å². The van der Waals surface area contributed by atoms with E-state index in [4.69, 9.17) is 0 Å². The summed E-state index contributed by atoms with van der Waals surface area (Å²) >= 11 is 3.36. The number of halogens is 2. The van der Waals surface area contributed by atoms with Crippen molar-refractivity contribution in [3.63, 3.8) is 0 Å². The zero-order valence-corrected chi connectivity index (χ0v) is 14.7. The molecule has 0 spiro atoms. The number of likely N-dealkylation sites (N-methyl/N-ethyl adjacent to an activating group) is 1. The van der Waals surface area contributed by atoms with Crippen molar-refractivity contribution < 1.29 is 4.39 Å². The topological polar surface area (TPSA) is 15.3 Å². The monoisotopic (exact) mass is 344 g/mol. The Morgan fingerprint density at radius 3 is 2.45 bits per heavy atom. The van der Waals surface area contributed by atoms with Crippen molar-refractivity contribution in [2.75, 3.05) is 20.6 Å². The van der Waals surface area contributed by atoms with Crippen LogP contribution in [0.15, 0.2) is 22.7 Å². The summed E-state index contributed by atoms with van der Waals surface area (Å²) in [5, 5.41) is 3.60. The molecule has 0 radical (unpaired) electrons. The smallest absolute Gasteiger partial charge is 0.124 e. The molecule has 0 saturated heterocycles. The fourth-order valence-electron chi connectivity index (χ4n) is 2.17. The van der Waals surface area contributed by atoms with Crippen LogP contribution in [-0.4, -0.2) is 37.1 Å². The molecule has 2 nitrogen and oxygen atoms in total. The maximum Gasteiger partial charge on any atom is 0.124 e. The summed E-state index contributed by atoms with van der Waals surface area (Å²) in [6.45, 7) is 7.56. The van der Waals surface area contributed by atoms with Crippen LogP contribution in [0.2, 0.25) is 0 Å². The normalized spacial score (nSPS) is 13.8. The molecule has 1 rings (SSSR count). The first-order chi connectivity index (χ1) is 9.27. The third-order valence-corrected chi connectivity index (χ3v) is 4.47. The molecule has 0 amide bonds. The van der Waals surface area contributed by atoms with Gasteiger partial charge in [0.05, 0.1) is 0 Å². The van der Waals surface area contributed by atoms with E-state index in [1.807, 2.05) is 6.07 Å². The molecular weight excluding hydrogens is 319 g/mol. The van der Waals surface area contributed by atoms with E-state index in [-0.39, 0.29) is 17.4 Å². The predicted molar refractivity (Wildman–Crippen MR) is 87.7 cm³/mol. The molecule has 0 aliphatic rings. The molecule has 1 unspecified atom stereocenters. The Morgan fingerprint density at radius 2 is 1.95 bits per heavy atom. The van der Waals surface area contributed by atoms with Crippen molar-refractivity contribution in [2.24, 2.45) is 0 Å². The Balaban J connectivity index is 2.94. The number of hydrogen-bond donors (Lipinski definition) is 1. The molecule has 0 aliphatic carbocycles. The van der Waals surface area contributed by atoms with Gasteiger partial charge in [-0.05, 0) is 71.1 Å². The molecule has 0 aliphatic heterocycles. The van der Waals surface area contributed by atoms with Crippen LogP contribution in [0.5, 0.6) is 0 Å². The first kappa shape index (κ1) is 17.6. The van der Waals surface area contributed by atoms with Crippen LogP contribution in [0, 0.1) is 5.82 Å². The number of benzene rings is 1. The van der Waals surface area contributed by atoms with E-state index >= 15 is 0 Å². The third kappa shape index (κ3) is 4.83. The second kappa shape index (κ2) is 7.53. The van der Waals surface area contributed by atoms with E-state index in [0.29, 0.717) is 0 Å². The Morgan fingerprint density at radius 1 is 1.30 bits per heavy atom. The molecule has 4 heteroatoms. The summed E-state index contributed by atoms with van der Waals surface area (Å²) < 4.78 is 14.3. The minimum absolute atomic E-state index is 0.00599. The van der Waals surface area contributed by atoms with Gasteiger partial charge in [0.2, 0.25) is 0 Å². The molecule has 1 N–H and O–H groups in total. The van der Waals surface area contributed by atoms with Crippen LogP contribution in [0.4, 0.5) is 4.39 Å². The minimum Gasteiger partial charge on any atom is -0.312 e. The molecular formula is C16H26BrFN2. The van der Waals surface area contributed by atoms with Gasteiger partial charge in [0.15, 0.2) is 0 Å². The van der Waals surface area contributed by atoms with Crippen LogP contribution >= 0.6 is 15.9 Å². The lowest BCUT2D eigenvalue weighted by Crippen LogP contribution is -2.56. The van der Waals surface area contributed by atoms with Gasteiger partial charge < -0.3 is 10.2 Å². The summed E-state index contributed by atoms with van der Waals surface area (Å²) in [5.41, 5.74) is 1.01. The zero-order chi connectivity index (χ0) is 15.3. The Kier molecular flexibility index (Phi) is 6.62. The fraction of sp³-hybridized carbons (Fsp3) is 0.625. The van der Waals surface area contributed by atoms with Gasteiger partial charge in [0, 0.05) is 16.1 Å². The first-order valence-electron chi connectivity index (χ1n) is 7.13. The highest BCUT2D eigenvalue weighted by Gasteiger charge is 2.31. The van der Waals surface area contributed by atoms with Crippen molar-refractivity contribution in [3.8, 4) is 0 Å². The van der Waals surface area contributed by atoms with Crippen molar-refractivity contribution in [2.45, 2.75) is 45.2 Å². The zero-order valence-electron chi connectivity index (χ0n) is 13.1. The molecule has 1 aromatic rings. The van der Waals surface area contributed by atoms with Gasteiger partial charge in [0.25, 0.3) is 0 Å². The van der Waals surface area contributed by atoms with E-state index in [1.165, 1.54) is 6.07 Å². The maximum atomic E-state index is 13.5. The number of nitrogens with zero attached hydrogens (tertiary/aromatic N) is 1. The van der Waals surface area contributed by atoms with E-state index < -0.39 is 0 Å². The first-order valence-corrected chi connectivity index (χ1v) is 7.92. The van der Waals surface area contributed by atoms with Crippen LogP contribution in [0.1, 0.15) is 32.8 Å². The summed E-state index contributed by atoms with van der Waals surface area (Å²) in [4.78, 5) is 2.22. The number of hydrogen-bond acceptors (Lipinski definition) is 2. The quantitative estimate of drug-likeness (QED) is 0.808. The summed E-state index contributed by atoms with van der Waals surface area (Å²) in [6, 6.07) is 5.38. The molecule has 1 atom stereocenters. The molecule has 0 heterocycles. The highest BCUT2D eigenvalue weighted by atomic mass is 79.9. The van der Waals surface area contributed by atoms with Gasteiger partial charge >= 0.3 is 0 Å². The molecule has 1 aromatic carbocycles. The second-order valence-corrected chi connectivity index (χ2v) is 6.95. The fourth-order valence-corrected chi connectivity index (χ4v) is 2.68. The molecule has 114 valence electrons. The third-order valence-electron chi connectivity index (χ3n) is 4.01. The second-order valence-electron chi connectivity index (χ2n) is 6.04. The van der Waals surface area contributed by atoms with Crippen molar-refractivity contribution in [3.05, 3.63) is 34.1 Å². The lowest BCUT2D eigenvalue weighted by Gasteiger charge is -2.41. The summed E-state index contributed by atoms with van der Waals surface area (Å²) in [5.74, 6) is -0.189. The van der Waals surface area contributed by atoms with E-state index in [1.54, 1.807) is 6.07 Å². The highest BCUT2D eigenvalue weighted by molar-refractivity contribution is 9.10. The van der Waals surface area contributed by atoms with Crippen LogP contribution in [-0.2, 0) is 6.42 Å². The SMILES string of the molecule is CCCNC(Cc1cc(F)cc(Br)c1)C(C)(C)N(C)C. The van der Waals surface area contributed by atoms with Crippen LogP contribution in [0.25, 0.3) is 0 Å². The van der Waals surface area contributed by atoms with Gasteiger partial charge in [-0.3, -0.25) is 0 Å². The average molecular weight is 345 g/mol.